The van der Waals surface area contributed by atoms with Gasteiger partial charge in [0.2, 0.25) is 0 Å². The van der Waals surface area contributed by atoms with Gasteiger partial charge < -0.3 is 15.0 Å². The fraction of sp³-hybridized carbons (Fsp3) is 0.833. The van der Waals surface area contributed by atoms with Crippen LogP contribution in [0.5, 0.6) is 0 Å². The van der Waals surface area contributed by atoms with Crippen molar-refractivity contribution in [3.05, 3.63) is 11.9 Å². The van der Waals surface area contributed by atoms with Crippen LogP contribution in [0.1, 0.15) is 19.5 Å². The number of nitrogens with zero attached hydrogens (tertiary/aromatic N) is 4. The van der Waals surface area contributed by atoms with E-state index in [4.69, 9.17) is 4.74 Å². The number of rotatable bonds is 10. The highest BCUT2D eigenvalue weighted by atomic mass is 16.5. The molecule has 1 aromatic heterocycles. The number of hydrogen-bond donors (Lipinski definition) is 1. The molecule has 0 amide bonds. The first-order chi connectivity index (χ1) is 8.80. The van der Waals surface area contributed by atoms with Crippen LogP contribution in [0.15, 0.2) is 6.20 Å². The second-order valence-corrected chi connectivity index (χ2v) is 4.14. The van der Waals surface area contributed by atoms with Crippen molar-refractivity contribution < 1.29 is 4.74 Å². The van der Waals surface area contributed by atoms with E-state index >= 15 is 0 Å². The summed E-state index contributed by atoms with van der Waals surface area (Å²) in [6, 6.07) is 0. The molecule has 0 aliphatic heterocycles. The number of aromatic nitrogens is 3. The highest BCUT2D eigenvalue weighted by Crippen LogP contribution is 1.93. The molecule has 0 fully saturated rings. The van der Waals surface area contributed by atoms with Crippen molar-refractivity contribution in [2.45, 2.75) is 26.9 Å². The van der Waals surface area contributed by atoms with Crippen LogP contribution in [0.4, 0.5) is 0 Å². The topological polar surface area (TPSA) is 55.2 Å². The Morgan fingerprint density at radius 3 is 2.78 bits per heavy atom. The lowest BCUT2D eigenvalue weighted by Crippen LogP contribution is -2.27. The average molecular weight is 255 g/mol. The van der Waals surface area contributed by atoms with Crippen molar-refractivity contribution in [1.29, 1.82) is 0 Å². The Labute approximate surface area is 109 Å². The first kappa shape index (κ1) is 15.1. The van der Waals surface area contributed by atoms with Crippen molar-refractivity contribution in [3.8, 4) is 0 Å². The maximum absolute atomic E-state index is 5.60. The first-order valence-electron chi connectivity index (χ1n) is 6.63. The predicted molar refractivity (Wildman–Crippen MR) is 71.4 cm³/mol. The van der Waals surface area contributed by atoms with E-state index in [0.29, 0.717) is 6.61 Å². The summed E-state index contributed by atoms with van der Waals surface area (Å²) in [5.41, 5.74) is 0.959. The zero-order valence-electron chi connectivity index (χ0n) is 11.7. The predicted octanol–water partition coefficient (Wildman–Crippen LogP) is 0.356. The minimum Gasteiger partial charge on any atom is -0.378 e. The average Bonchev–Trinajstić information content (AvgIpc) is 2.82. The third-order valence-corrected chi connectivity index (χ3v) is 2.85. The zero-order valence-corrected chi connectivity index (χ0v) is 11.7. The Hall–Kier alpha value is -0.980. The molecule has 0 unspecified atom stereocenters. The molecule has 0 bridgehead atoms. The van der Waals surface area contributed by atoms with Crippen LogP contribution in [-0.2, 0) is 17.8 Å². The van der Waals surface area contributed by atoms with Gasteiger partial charge in [-0.05, 0) is 20.1 Å². The lowest BCUT2D eigenvalue weighted by Gasteiger charge is -2.17. The van der Waals surface area contributed by atoms with Crippen LogP contribution >= 0.6 is 0 Å². The van der Waals surface area contributed by atoms with Crippen LogP contribution < -0.4 is 5.32 Å². The Kier molecular flexibility index (Phi) is 7.55. The van der Waals surface area contributed by atoms with E-state index in [1.54, 1.807) is 0 Å². The number of ether oxygens (including phenoxy) is 1. The van der Waals surface area contributed by atoms with Crippen LogP contribution in [0.3, 0.4) is 0 Å². The number of likely N-dealkylation sites (N-methyl/N-ethyl adjacent to an activating group) is 1. The third kappa shape index (κ3) is 5.57. The molecule has 0 saturated carbocycles. The van der Waals surface area contributed by atoms with Gasteiger partial charge in [-0.1, -0.05) is 19.1 Å². The van der Waals surface area contributed by atoms with Gasteiger partial charge in [-0.25, -0.2) is 4.68 Å². The van der Waals surface area contributed by atoms with Gasteiger partial charge in [-0.15, -0.1) is 5.10 Å². The summed E-state index contributed by atoms with van der Waals surface area (Å²) in [6.45, 7) is 10.5. The summed E-state index contributed by atoms with van der Waals surface area (Å²) in [5, 5.41) is 11.1. The molecule has 0 radical (unpaired) electrons. The van der Waals surface area contributed by atoms with Gasteiger partial charge in [0.25, 0.3) is 0 Å². The minimum atomic E-state index is 0.684. The summed E-state index contributed by atoms with van der Waals surface area (Å²) in [4.78, 5) is 2.35. The van der Waals surface area contributed by atoms with E-state index in [2.05, 4.69) is 34.4 Å². The molecule has 0 saturated heterocycles. The Bertz CT molecular complexity index is 311. The first-order valence-corrected chi connectivity index (χ1v) is 6.63. The lowest BCUT2D eigenvalue weighted by molar-refractivity contribution is 0.0988. The molecule has 6 nitrogen and oxygen atoms in total. The van der Waals surface area contributed by atoms with Crippen LogP contribution in [-0.4, -0.2) is 59.8 Å². The second-order valence-electron chi connectivity index (χ2n) is 4.14. The van der Waals surface area contributed by atoms with Gasteiger partial charge in [0, 0.05) is 19.3 Å². The molecule has 1 heterocycles. The summed E-state index contributed by atoms with van der Waals surface area (Å²) in [5.74, 6) is 0. The van der Waals surface area contributed by atoms with Gasteiger partial charge in [0.15, 0.2) is 0 Å². The van der Waals surface area contributed by atoms with Gasteiger partial charge in [-0.3, -0.25) is 0 Å². The van der Waals surface area contributed by atoms with Crippen molar-refractivity contribution in [3.63, 3.8) is 0 Å². The molecule has 18 heavy (non-hydrogen) atoms. The van der Waals surface area contributed by atoms with Crippen molar-refractivity contribution in [2.75, 3.05) is 39.9 Å². The molecule has 1 aromatic rings. The van der Waals surface area contributed by atoms with E-state index in [-0.39, 0.29) is 0 Å². The standard InChI is InChI=1S/C12H25N5O/c1-4-16(5-2)6-8-18-9-7-17-11-12(10-13-3)14-15-17/h11,13H,4-10H2,1-3H3. The highest BCUT2D eigenvalue weighted by Gasteiger charge is 2.00. The largest absolute Gasteiger partial charge is 0.378 e. The van der Waals surface area contributed by atoms with E-state index in [1.807, 2.05) is 17.9 Å². The molecule has 1 rings (SSSR count). The Morgan fingerprint density at radius 1 is 1.33 bits per heavy atom. The van der Waals surface area contributed by atoms with Crippen LogP contribution in [0.2, 0.25) is 0 Å². The lowest BCUT2D eigenvalue weighted by atomic mass is 10.5. The molecular weight excluding hydrogens is 230 g/mol. The van der Waals surface area contributed by atoms with Gasteiger partial charge >= 0.3 is 0 Å². The van der Waals surface area contributed by atoms with E-state index in [9.17, 15) is 0 Å². The monoisotopic (exact) mass is 255 g/mol. The SMILES string of the molecule is CCN(CC)CCOCCn1cc(CNC)nn1. The van der Waals surface area contributed by atoms with Gasteiger partial charge in [0.05, 0.1) is 25.5 Å². The van der Waals surface area contributed by atoms with Crippen LogP contribution in [0.25, 0.3) is 0 Å². The fourth-order valence-electron chi connectivity index (χ4n) is 1.70. The van der Waals surface area contributed by atoms with Crippen molar-refractivity contribution in [2.24, 2.45) is 0 Å². The van der Waals surface area contributed by atoms with Crippen molar-refractivity contribution in [1.82, 2.24) is 25.2 Å². The molecule has 0 aromatic carbocycles. The highest BCUT2D eigenvalue weighted by molar-refractivity contribution is 4.90. The molecular formula is C12H25N5O. The summed E-state index contributed by atoms with van der Waals surface area (Å²) in [6.07, 6.45) is 1.95. The summed E-state index contributed by atoms with van der Waals surface area (Å²) in [7, 11) is 1.90. The summed E-state index contributed by atoms with van der Waals surface area (Å²) >= 11 is 0. The number of nitrogens with one attached hydrogen (secondary N) is 1. The maximum Gasteiger partial charge on any atom is 0.0964 e. The second kappa shape index (κ2) is 9.02. The van der Waals surface area contributed by atoms with E-state index in [0.717, 1.165) is 45.0 Å². The molecule has 0 spiro atoms. The van der Waals surface area contributed by atoms with E-state index < -0.39 is 0 Å². The normalized spacial score (nSPS) is 11.3. The minimum absolute atomic E-state index is 0.684. The Balaban J connectivity index is 2.09. The third-order valence-electron chi connectivity index (χ3n) is 2.85. The van der Waals surface area contributed by atoms with E-state index in [1.165, 1.54) is 0 Å². The van der Waals surface area contributed by atoms with Gasteiger partial charge in [-0.2, -0.15) is 0 Å². The van der Waals surface area contributed by atoms with Crippen molar-refractivity contribution >= 4 is 0 Å². The summed E-state index contributed by atoms with van der Waals surface area (Å²) < 4.78 is 7.42. The molecule has 1 N–H and O–H groups in total. The molecule has 0 atom stereocenters. The van der Waals surface area contributed by atoms with Gasteiger partial charge in [0.1, 0.15) is 0 Å². The molecule has 6 heteroatoms. The smallest absolute Gasteiger partial charge is 0.0964 e. The molecule has 0 aliphatic rings. The quantitative estimate of drug-likeness (QED) is 0.612. The maximum atomic E-state index is 5.60. The molecule has 104 valence electrons. The van der Waals surface area contributed by atoms with Crippen LogP contribution in [0, 0.1) is 0 Å². The zero-order chi connectivity index (χ0) is 13.2. The Morgan fingerprint density at radius 2 is 2.11 bits per heavy atom. The molecule has 0 aliphatic carbocycles. The number of hydrogen-bond acceptors (Lipinski definition) is 5. The fourth-order valence-corrected chi connectivity index (χ4v) is 1.70.